The lowest BCUT2D eigenvalue weighted by Gasteiger charge is -2.18. The van der Waals surface area contributed by atoms with Crippen LogP contribution in [0.3, 0.4) is 0 Å². The van der Waals surface area contributed by atoms with Crippen LogP contribution in [0.5, 0.6) is 5.75 Å². The number of likely N-dealkylation sites (tertiary alicyclic amines) is 1. The highest BCUT2D eigenvalue weighted by Crippen LogP contribution is 2.42. The van der Waals surface area contributed by atoms with Gasteiger partial charge in [-0.25, -0.2) is 4.98 Å². The van der Waals surface area contributed by atoms with Crippen LogP contribution in [0.25, 0.3) is 0 Å². The van der Waals surface area contributed by atoms with E-state index in [0.717, 1.165) is 25.4 Å². The van der Waals surface area contributed by atoms with Crippen LogP contribution in [0.15, 0.2) is 42.5 Å². The number of benzene rings is 1. The lowest BCUT2D eigenvalue weighted by atomic mass is 9.96. The van der Waals surface area contributed by atoms with Crippen LogP contribution >= 0.6 is 0 Å². The molecule has 0 amide bonds. The molecule has 1 aromatic carbocycles. The molecule has 4 rings (SSSR count). The Bertz CT molecular complexity index is 782. The van der Waals surface area contributed by atoms with E-state index in [1.165, 1.54) is 30.5 Å². The Kier molecular flexibility index (Phi) is 4.72. The molecule has 1 aromatic heterocycles. The van der Waals surface area contributed by atoms with Crippen molar-refractivity contribution in [2.24, 2.45) is 17.8 Å². The van der Waals surface area contributed by atoms with Gasteiger partial charge in [0.15, 0.2) is 11.5 Å². The number of fused-ring (bicyclic) bond motifs is 1. The van der Waals surface area contributed by atoms with Crippen molar-refractivity contribution in [3.8, 4) is 5.75 Å². The maximum Gasteiger partial charge on any atom is 0.255 e. The summed E-state index contributed by atoms with van der Waals surface area (Å²) in [6, 6.07) is 13.2. The first-order valence-electron chi connectivity index (χ1n) is 9.23. The van der Waals surface area contributed by atoms with Gasteiger partial charge in [-0.15, -0.1) is 0 Å². The lowest BCUT2D eigenvalue weighted by Crippen LogP contribution is -2.29. The van der Waals surface area contributed by atoms with Crippen LogP contribution in [0.2, 0.25) is 0 Å². The molecule has 26 heavy (non-hydrogen) atoms. The Morgan fingerprint density at radius 3 is 2.46 bits per heavy atom. The molecular formula is C21H23FN2O2. The summed E-state index contributed by atoms with van der Waals surface area (Å²) < 4.78 is 13.3. The number of rotatable bonds is 5. The molecule has 5 heteroatoms. The zero-order valence-electron chi connectivity index (χ0n) is 14.6. The molecule has 1 saturated carbocycles. The summed E-state index contributed by atoms with van der Waals surface area (Å²) in [4.78, 5) is 18.1. The number of ketones is 1. The minimum atomic E-state index is -0.988. The number of Topliss-reactive ketones (excluding diaryl/α,β-unsaturated/α-hetero) is 1. The molecule has 1 saturated heterocycles. The van der Waals surface area contributed by atoms with Crippen LogP contribution in [0, 0.1) is 23.7 Å². The average Bonchev–Trinajstić information content (AvgIpc) is 3.16. The number of hydrogen-bond acceptors (Lipinski definition) is 4. The molecule has 2 fully saturated rings. The molecule has 4 nitrogen and oxygen atoms in total. The zero-order chi connectivity index (χ0) is 18.1. The van der Waals surface area contributed by atoms with E-state index in [1.54, 1.807) is 0 Å². The predicted octanol–water partition coefficient (Wildman–Crippen LogP) is 3.31. The van der Waals surface area contributed by atoms with Crippen LogP contribution in [-0.4, -0.2) is 40.4 Å². The number of hydrogen-bond donors (Lipinski definition) is 1. The van der Waals surface area contributed by atoms with Gasteiger partial charge >= 0.3 is 0 Å². The van der Waals surface area contributed by atoms with Gasteiger partial charge in [-0.1, -0.05) is 30.3 Å². The van der Waals surface area contributed by atoms with Gasteiger partial charge in [0, 0.05) is 13.1 Å². The largest absolute Gasteiger partial charge is 0.504 e. The van der Waals surface area contributed by atoms with E-state index >= 15 is 0 Å². The summed E-state index contributed by atoms with van der Waals surface area (Å²) in [5.41, 5.74) is 1.49. The molecule has 2 aliphatic rings. The van der Waals surface area contributed by atoms with Crippen LogP contribution < -0.4 is 0 Å². The first-order valence-corrected chi connectivity index (χ1v) is 9.23. The molecule has 0 unspecified atom stereocenters. The van der Waals surface area contributed by atoms with E-state index in [-0.39, 0.29) is 18.0 Å². The molecule has 1 aliphatic carbocycles. The second-order valence-electron chi connectivity index (χ2n) is 7.67. The fourth-order valence-corrected chi connectivity index (χ4v) is 4.63. The Labute approximate surface area is 152 Å². The maximum absolute atomic E-state index is 13.3. The summed E-state index contributed by atoms with van der Waals surface area (Å²) in [5.74, 6) is 0.337. The SMILES string of the molecule is O=C(CN1C[C@H]2C[C@H](Cc3ccccc3)C[C@H]2C1)c1ccc(O)c(F)n1. The fraction of sp³-hybridized carbons (Fsp3) is 0.429. The number of nitrogens with zero attached hydrogens (tertiary/aromatic N) is 2. The van der Waals surface area contributed by atoms with Gasteiger partial charge in [-0.2, -0.15) is 4.39 Å². The van der Waals surface area contributed by atoms with Gasteiger partial charge in [0.1, 0.15) is 5.69 Å². The summed E-state index contributed by atoms with van der Waals surface area (Å²) >= 11 is 0. The summed E-state index contributed by atoms with van der Waals surface area (Å²) in [7, 11) is 0. The van der Waals surface area contributed by atoms with Gasteiger partial charge in [0.05, 0.1) is 6.54 Å². The Balaban J connectivity index is 1.30. The highest BCUT2D eigenvalue weighted by atomic mass is 19.1. The number of pyridine rings is 1. The van der Waals surface area contributed by atoms with E-state index in [9.17, 15) is 14.3 Å². The van der Waals surface area contributed by atoms with Crippen LogP contribution in [-0.2, 0) is 6.42 Å². The third-order valence-corrected chi connectivity index (χ3v) is 5.77. The molecular weight excluding hydrogens is 331 g/mol. The van der Waals surface area contributed by atoms with Crippen molar-refractivity contribution in [2.45, 2.75) is 19.3 Å². The Hall–Kier alpha value is -2.27. The van der Waals surface area contributed by atoms with E-state index in [4.69, 9.17) is 0 Å². The Morgan fingerprint density at radius 1 is 1.12 bits per heavy atom. The van der Waals surface area contributed by atoms with Crippen LogP contribution in [0.1, 0.15) is 28.9 Å². The van der Waals surface area contributed by atoms with E-state index in [2.05, 4.69) is 40.2 Å². The van der Waals surface area contributed by atoms with Crippen molar-refractivity contribution in [3.63, 3.8) is 0 Å². The molecule has 0 bridgehead atoms. The van der Waals surface area contributed by atoms with Gasteiger partial charge < -0.3 is 5.11 Å². The lowest BCUT2D eigenvalue weighted by molar-refractivity contribution is 0.0933. The fourth-order valence-electron chi connectivity index (χ4n) is 4.63. The highest BCUT2D eigenvalue weighted by Gasteiger charge is 2.41. The van der Waals surface area contributed by atoms with Gasteiger partial charge in [0.2, 0.25) is 0 Å². The number of aromatic nitrogens is 1. The van der Waals surface area contributed by atoms with E-state index in [1.807, 2.05) is 0 Å². The van der Waals surface area contributed by atoms with Crippen molar-refractivity contribution in [3.05, 3.63) is 59.7 Å². The second-order valence-corrected chi connectivity index (χ2v) is 7.67. The number of carbonyl (C=O) groups is 1. The van der Waals surface area contributed by atoms with Crippen molar-refractivity contribution in [1.82, 2.24) is 9.88 Å². The Morgan fingerprint density at radius 2 is 1.81 bits per heavy atom. The summed E-state index contributed by atoms with van der Waals surface area (Å²) in [6.45, 7) is 2.14. The highest BCUT2D eigenvalue weighted by molar-refractivity contribution is 5.95. The number of halogens is 1. The number of carbonyl (C=O) groups excluding carboxylic acids is 1. The first-order chi connectivity index (χ1) is 12.6. The molecule has 0 radical (unpaired) electrons. The number of aromatic hydroxyl groups is 1. The summed E-state index contributed by atoms with van der Waals surface area (Å²) in [5, 5.41) is 9.19. The topological polar surface area (TPSA) is 53.4 Å². The molecule has 1 N–H and O–H groups in total. The molecule has 0 spiro atoms. The zero-order valence-corrected chi connectivity index (χ0v) is 14.6. The third-order valence-electron chi connectivity index (χ3n) is 5.77. The minimum absolute atomic E-state index is 0.0827. The van der Waals surface area contributed by atoms with Crippen LogP contribution in [0.4, 0.5) is 4.39 Å². The van der Waals surface area contributed by atoms with Crippen molar-refractivity contribution in [1.29, 1.82) is 0 Å². The van der Waals surface area contributed by atoms with Gasteiger partial charge in [-0.3, -0.25) is 9.69 Å². The minimum Gasteiger partial charge on any atom is -0.504 e. The standard InChI is InChI=1S/C21H23FN2O2/c22-21-19(25)7-6-18(23-21)20(26)13-24-11-16-9-15(10-17(16)12-24)8-14-4-2-1-3-5-14/h1-7,15-17,25H,8-13H2/t15-,16+,17-. The van der Waals surface area contributed by atoms with Crippen molar-refractivity contribution >= 4 is 5.78 Å². The smallest absolute Gasteiger partial charge is 0.255 e. The predicted molar refractivity (Wildman–Crippen MR) is 96.5 cm³/mol. The van der Waals surface area contributed by atoms with Gasteiger partial charge in [-0.05, 0) is 54.7 Å². The molecule has 136 valence electrons. The first kappa shape index (κ1) is 17.2. The quantitative estimate of drug-likeness (QED) is 0.661. The maximum atomic E-state index is 13.3. The van der Waals surface area contributed by atoms with Crippen molar-refractivity contribution < 1.29 is 14.3 Å². The molecule has 1 aliphatic heterocycles. The monoisotopic (exact) mass is 354 g/mol. The normalized spacial score (nSPS) is 25.3. The van der Waals surface area contributed by atoms with E-state index < -0.39 is 11.7 Å². The van der Waals surface area contributed by atoms with E-state index in [0.29, 0.717) is 11.8 Å². The third kappa shape index (κ3) is 3.63. The summed E-state index contributed by atoms with van der Waals surface area (Å²) in [6.07, 6.45) is 3.58. The second kappa shape index (κ2) is 7.16. The van der Waals surface area contributed by atoms with Gasteiger partial charge in [0.25, 0.3) is 5.95 Å². The average molecular weight is 354 g/mol. The molecule has 2 aromatic rings. The molecule has 2 heterocycles. The molecule has 3 atom stereocenters. The van der Waals surface area contributed by atoms with Crippen molar-refractivity contribution in [2.75, 3.05) is 19.6 Å².